The second-order valence-corrected chi connectivity index (χ2v) is 8.21. The molecule has 3 atom stereocenters. The van der Waals surface area contributed by atoms with Gasteiger partial charge in [-0.05, 0) is 31.2 Å². The molecule has 0 bridgehead atoms. The van der Waals surface area contributed by atoms with Gasteiger partial charge in [0.05, 0.1) is 18.4 Å². The van der Waals surface area contributed by atoms with Crippen LogP contribution in [0.5, 0.6) is 0 Å². The number of nitrogens with zero attached hydrogens (tertiary/aromatic N) is 1. The second kappa shape index (κ2) is 10.4. The number of ether oxygens (including phenoxy) is 1. The fourth-order valence-corrected chi connectivity index (χ4v) is 4.30. The molecule has 0 radical (unpaired) electrons. The molecule has 4 amide bonds. The van der Waals surface area contributed by atoms with Gasteiger partial charge in [0.2, 0.25) is 23.6 Å². The third kappa shape index (κ3) is 5.81. The number of likely N-dealkylation sites (tertiary alicyclic amines) is 1. The Kier molecular flexibility index (Phi) is 7.62. The molecule has 5 N–H and O–H groups in total. The molecule has 31 heavy (non-hydrogen) atoms. The summed E-state index contributed by atoms with van der Waals surface area (Å²) in [5, 5.41) is 2.76. The van der Waals surface area contributed by atoms with E-state index in [1.54, 1.807) is 4.90 Å². The molecule has 0 spiro atoms. The molecule has 9 heteroatoms. The summed E-state index contributed by atoms with van der Waals surface area (Å²) in [6, 6.07) is 9.01. The number of hydrogen-bond donors (Lipinski definition) is 3. The third-order valence-corrected chi connectivity index (χ3v) is 6.10. The molecular formula is C22H30N4O5. The number of amides is 4. The Hall–Kier alpha value is -2.94. The molecule has 2 aliphatic heterocycles. The van der Waals surface area contributed by atoms with Crippen LogP contribution in [0.15, 0.2) is 30.3 Å². The molecule has 3 rings (SSSR count). The summed E-state index contributed by atoms with van der Waals surface area (Å²) in [6.45, 7) is 1.68. The zero-order valence-electron chi connectivity index (χ0n) is 17.5. The highest BCUT2D eigenvalue weighted by Gasteiger charge is 2.43. The maximum atomic E-state index is 13.1. The van der Waals surface area contributed by atoms with Crippen molar-refractivity contribution in [3.63, 3.8) is 0 Å². The van der Waals surface area contributed by atoms with Crippen LogP contribution in [-0.4, -0.2) is 60.4 Å². The molecule has 3 unspecified atom stereocenters. The van der Waals surface area contributed by atoms with Crippen LogP contribution in [0.25, 0.3) is 0 Å². The second-order valence-electron chi connectivity index (χ2n) is 8.21. The van der Waals surface area contributed by atoms with Crippen molar-refractivity contribution in [2.45, 2.75) is 44.2 Å². The highest BCUT2D eigenvalue weighted by Crippen LogP contribution is 2.25. The van der Waals surface area contributed by atoms with Crippen LogP contribution in [0.1, 0.15) is 31.2 Å². The van der Waals surface area contributed by atoms with Crippen LogP contribution < -0.4 is 16.8 Å². The molecule has 0 aliphatic carbocycles. The average molecular weight is 431 g/mol. The van der Waals surface area contributed by atoms with Gasteiger partial charge in [0.15, 0.2) is 0 Å². The van der Waals surface area contributed by atoms with Gasteiger partial charge >= 0.3 is 0 Å². The molecule has 2 saturated heterocycles. The van der Waals surface area contributed by atoms with Gasteiger partial charge in [-0.15, -0.1) is 0 Å². The van der Waals surface area contributed by atoms with E-state index in [0.717, 1.165) is 18.4 Å². The first-order valence-electron chi connectivity index (χ1n) is 10.7. The van der Waals surface area contributed by atoms with Crippen molar-refractivity contribution in [2.75, 3.05) is 19.8 Å². The summed E-state index contributed by atoms with van der Waals surface area (Å²) >= 11 is 0. The number of nitrogens with one attached hydrogen (secondary N) is 1. The van der Waals surface area contributed by atoms with E-state index in [2.05, 4.69) is 5.32 Å². The van der Waals surface area contributed by atoms with Gasteiger partial charge in [0.25, 0.3) is 0 Å². The van der Waals surface area contributed by atoms with Crippen LogP contribution >= 0.6 is 0 Å². The van der Waals surface area contributed by atoms with E-state index >= 15 is 0 Å². The van der Waals surface area contributed by atoms with Crippen molar-refractivity contribution in [3.8, 4) is 0 Å². The SMILES string of the molecule is NC(=O)CC(C(N)=O)C(CCc1ccccc1)C(=O)NC1CN(C2CCOCC2)C1=O. The van der Waals surface area contributed by atoms with Gasteiger partial charge in [0.1, 0.15) is 6.04 Å². The smallest absolute Gasteiger partial charge is 0.247 e. The van der Waals surface area contributed by atoms with Gasteiger partial charge in [-0.25, -0.2) is 0 Å². The molecule has 0 aromatic heterocycles. The Labute approximate surface area is 181 Å². The Morgan fingerprint density at radius 3 is 2.35 bits per heavy atom. The van der Waals surface area contributed by atoms with Crippen LogP contribution in [0.2, 0.25) is 0 Å². The first-order valence-corrected chi connectivity index (χ1v) is 10.7. The molecule has 9 nitrogen and oxygen atoms in total. The number of aryl methyl sites for hydroxylation is 1. The first kappa shape index (κ1) is 22.7. The lowest BCUT2D eigenvalue weighted by Crippen LogP contribution is -2.67. The van der Waals surface area contributed by atoms with Crippen LogP contribution in [0.4, 0.5) is 0 Å². The number of benzene rings is 1. The Morgan fingerprint density at radius 1 is 1.10 bits per heavy atom. The topological polar surface area (TPSA) is 145 Å². The van der Waals surface area contributed by atoms with E-state index < -0.39 is 35.6 Å². The van der Waals surface area contributed by atoms with E-state index in [0.29, 0.717) is 32.6 Å². The van der Waals surface area contributed by atoms with Crippen molar-refractivity contribution in [1.29, 1.82) is 0 Å². The van der Waals surface area contributed by atoms with Crippen molar-refractivity contribution >= 4 is 23.6 Å². The van der Waals surface area contributed by atoms with Crippen molar-refractivity contribution in [2.24, 2.45) is 23.3 Å². The number of carbonyl (C=O) groups excluding carboxylic acids is 4. The maximum absolute atomic E-state index is 13.1. The average Bonchev–Trinajstić information content (AvgIpc) is 2.76. The minimum absolute atomic E-state index is 0.132. The summed E-state index contributed by atoms with van der Waals surface area (Å²) in [4.78, 5) is 50.9. The van der Waals surface area contributed by atoms with Gasteiger partial charge in [-0.2, -0.15) is 0 Å². The zero-order chi connectivity index (χ0) is 22.4. The number of β-lactam (4-membered cyclic amide) rings is 1. The van der Waals surface area contributed by atoms with E-state index in [9.17, 15) is 19.2 Å². The summed E-state index contributed by atoms with van der Waals surface area (Å²) in [7, 11) is 0. The Bertz CT molecular complexity index is 809. The first-order chi connectivity index (χ1) is 14.9. The molecule has 2 aliphatic rings. The standard InChI is InChI=1S/C22H30N4O5/c23-19(27)12-17(20(24)28)16(7-6-14-4-2-1-3-5-14)21(29)25-18-13-26(22(18)30)15-8-10-31-11-9-15/h1-5,15-18H,6-13H2,(H2,23,27)(H2,24,28)(H,25,29). The Balaban J connectivity index is 1.65. The lowest BCUT2D eigenvalue weighted by molar-refractivity contribution is -0.153. The predicted molar refractivity (Wildman–Crippen MR) is 112 cm³/mol. The van der Waals surface area contributed by atoms with Crippen LogP contribution in [-0.2, 0) is 30.3 Å². The molecule has 2 heterocycles. The molecule has 2 fully saturated rings. The quantitative estimate of drug-likeness (QED) is 0.437. The predicted octanol–water partition coefficient (Wildman–Crippen LogP) is -0.282. The largest absolute Gasteiger partial charge is 0.381 e. The van der Waals surface area contributed by atoms with Crippen molar-refractivity contribution < 1.29 is 23.9 Å². The Morgan fingerprint density at radius 2 is 1.77 bits per heavy atom. The number of carbonyl (C=O) groups is 4. The summed E-state index contributed by atoms with van der Waals surface area (Å²) in [6.07, 6.45) is 2.09. The molecule has 168 valence electrons. The fraction of sp³-hybridized carbons (Fsp3) is 0.545. The molecular weight excluding hydrogens is 400 g/mol. The minimum atomic E-state index is -1.03. The van der Waals surface area contributed by atoms with E-state index in [4.69, 9.17) is 16.2 Å². The summed E-state index contributed by atoms with van der Waals surface area (Å²) < 4.78 is 5.33. The normalized spacial score (nSPS) is 21.1. The van der Waals surface area contributed by atoms with Gasteiger partial charge < -0.3 is 26.4 Å². The number of nitrogens with two attached hydrogens (primary N) is 2. The highest BCUT2D eigenvalue weighted by molar-refractivity contribution is 5.95. The minimum Gasteiger partial charge on any atom is -0.381 e. The van der Waals surface area contributed by atoms with Crippen molar-refractivity contribution in [1.82, 2.24) is 10.2 Å². The maximum Gasteiger partial charge on any atom is 0.247 e. The summed E-state index contributed by atoms with van der Waals surface area (Å²) in [5.74, 6) is -3.92. The van der Waals surface area contributed by atoms with Crippen LogP contribution in [0.3, 0.4) is 0 Å². The fourth-order valence-electron chi connectivity index (χ4n) is 4.30. The van der Waals surface area contributed by atoms with Crippen LogP contribution in [0, 0.1) is 11.8 Å². The number of primary amides is 2. The lowest BCUT2D eigenvalue weighted by Gasteiger charge is -2.45. The summed E-state index contributed by atoms with van der Waals surface area (Å²) in [5.41, 5.74) is 11.8. The van der Waals surface area contributed by atoms with Gasteiger partial charge in [0, 0.05) is 25.7 Å². The molecule has 1 aromatic rings. The van der Waals surface area contributed by atoms with Gasteiger partial charge in [-0.3, -0.25) is 19.2 Å². The number of hydrogen-bond acceptors (Lipinski definition) is 5. The lowest BCUT2D eigenvalue weighted by atomic mass is 9.83. The van der Waals surface area contributed by atoms with E-state index in [1.165, 1.54) is 0 Å². The van der Waals surface area contributed by atoms with Gasteiger partial charge in [-0.1, -0.05) is 30.3 Å². The number of rotatable bonds is 10. The molecule has 0 saturated carbocycles. The van der Waals surface area contributed by atoms with E-state index in [1.807, 2.05) is 30.3 Å². The highest BCUT2D eigenvalue weighted by atomic mass is 16.5. The monoisotopic (exact) mass is 430 g/mol. The third-order valence-electron chi connectivity index (χ3n) is 6.10. The zero-order valence-corrected chi connectivity index (χ0v) is 17.5. The molecule has 1 aromatic carbocycles. The van der Waals surface area contributed by atoms with Crippen molar-refractivity contribution in [3.05, 3.63) is 35.9 Å². The van der Waals surface area contributed by atoms with E-state index in [-0.39, 0.29) is 18.4 Å².